The summed E-state index contributed by atoms with van der Waals surface area (Å²) in [6.07, 6.45) is -1.24. The Morgan fingerprint density at radius 2 is 1.96 bits per heavy atom. The largest absolute Gasteiger partial charge is 0.433 e. The predicted octanol–water partition coefficient (Wildman–Crippen LogP) is 4.06. The molecule has 122 valence electrons. The van der Waals surface area contributed by atoms with E-state index in [1.165, 1.54) is 6.20 Å². The molecule has 0 amide bonds. The fourth-order valence-electron chi connectivity index (χ4n) is 4.40. The SMILES string of the molecule is CC1(C)[C@H]2CC[C@]1(C)c1nnc(-c3cn[nH]c3C(F)(F)F)cc12. The van der Waals surface area contributed by atoms with Crippen LogP contribution in [0.2, 0.25) is 0 Å². The second-order valence-electron chi connectivity index (χ2n) is 7.34. The van der Waals surface area contributed by atoms with E-state index in [-0.39, 0.29) is 22.1 Å². The molecule has 0 aromatic carbocycles. The molecule has 4 nitrogen and oxygen atoms in total. The number of aromatic amines is 1. The van der Waals surface area contributed by atoms with Crippen molar-refractivity contribution in [2.24, 2.45) is 5.41 Å². The molecule has 1 N–H and O–H groups in total. The quantitative estimate of drug-likeness (QED) is 0.861. The lowest BCUT2D eigenvalue weighted by atomic mass is 9.70. The molecule has 2 aliphatic carbocycles. The van der Waals surface area contributed by atoms with Gasteiger partial charge in [-0.25, -0.2) is 0 Å². The highest BCUT2D eigenvalue weighted by Crippen LogP contribution is 2.67. The van der Waals surface area contributed by atoms with E-state index in [4.69, 9.17) is 0 Å². The molecule has 0 radical (unpaired) electrons. The summed E-state index contributed by atoms with van der Waals surface area (Å²) in [5.41, 5.74) is 1.30. The number of aromatic nitrogens is 4. The molecule has 2 aromatic heterocycles. The third-order valence-corrected chi connectivity index (χ3v) is 6.15. The van der Waals surface area contributed by atoms with E-state index in [0.29, 0.717) is 5.92 Å². The van der Waals surface area contributed by atoms with Gasteiger partial charge in [-0.15, -0.1) is 0 Å². The van der Waals surface area contributed by atoms with Crippen LogP contribution in [0.25, 0.3) is 11.3 Å². The number of fused-ring (bicyclic) bond motifs is 5. The Bertz CT molecular complexity index is 793. The van der Waals surface area contributed by atoms with E-state index in [1.54, 1.807) is 6.07 Å². The van der Waals surface area contributed by atoms with Crippen molar-refractivity contribution < 1.29 is 13.2 Å². The van der Waals surface area contributed by atoms with Crippen molar-refractivity contribution in [3.8, 4) is 11.3 Å². The second-order valence-corrected chi connectivity index (χ2v) is 7.34. The minimum atomic E-state index is -4.49. The zero-order chi connectivity index (χ0) is 16.6. The molecule has 0 saturated heterocycles. The number of alkyl halides is 3. The third kappa shape index (κ3) is 1.70. The Morgan fingerprint density at radius 3 is 2.65 bits per heavy atom. The molecule has 0 unspecified atom stereocenters. The Labute approximate surface area is 131 Å². The van der Waals surface area contributed by atoms with Gasteiger partial charge in [0.1, 0.15) is 5.69 Å². The average molecular weight is 322 g/mol. The normalized spacial score (nSPS) is 28.2. The highest BCUT2D eigenvalue weighted by molar-refractivity contribution is 5.63. The molecule has 4 rings (SSSR count). The van der Waals surface area contributed by atoms with Crippen molar-refractivity contribution in [2.45, 2.75) is 51.1 Å². The number of hydrogen-bond donors (Lipinski definition) is 1. The molecule has 0 aliphatic heterocycles. The molecular weight excluding hydrogens is 305 g/mol. The summed E-state index contributed by atoms with van der Waals surface area (Å²) >= 11 is 0. The Hall–Kier alpha value is -1.92. The summed E-state index contributed by atoms with van der Waals surface area (Å²) in [6, 6.07) is 1.78. The summed E-state index contributed by atoms with van der Waals surface area (Å²) < 4.78 is 39.2. The summed E-state index contributed by atoms with van der Waals surface area (Å²) in [5, 5.41) is 14.0. The zero-order valence-electron chi connectivity index (χ0n) is 13.1. The third-order valence-electron chi connectivity index (χ3n) is 6.15. The van der Waals surface area contributed by atoms with E-state index in [9.17, 15) is 13.2 Å². The maximum atomic E-state index is 13.1. The van der Waals surface area contributed by atoms with Crippen LogP contribution in [0, 0.1) is 5.41 Å². The number of nitrogens with zero attached hydrogens (tertiary/aromatic N) is 3. The first kappa shape index (κ1) is 14.7. The second kappa shape index (κ2) is 4.13. The maximum Gasteiger partial charge on any atom is 0.433 e. The molecule has 7 heteroatoms. The molecule has 2 bridgehead atoms. The van der Waals surface area contributed by atoms with E-state index < -0.39 is 11.9 Å². The van der Waals surface area contributed by atoms with Crippen LogP contribution in [0.3, 0.4) is 0 Å². The minimum Gasteiger partial charge on any atom is -0.273 e. The van der Waals surface area contributed by atoms with Crippen LogP contribution < -0.4 is 0 Å². The smallest absolute Gasteiger partial charge is 0.273 e. The van der Waals surface area contributed by atoms with Crippen LogP contribution in [0.1, 0.15) is 56.5 Å². The van der Waals surface area contributed by atoms with Crippen LogP contribution in [-0.4, -0.2) is 20.4 Å². The molecule has 2 heterocycles. The van der Waals surface area contributed by atoms with E-state index >= 15 is 0 Å². The molecule has 1 fully saturated rings. The summed E-state index contributed by atoms with van der Waals surface area (Å²) in [6.45, 7) is 6.61. The van der Waals surface area contributed by atoms with Crippen LogP contribution in [0.15, 0.2) is 12.3 Å². The number of H-pyrrole nitrogens is 1. The Morgan fingerprint density at radius 1 is 1.22 bits per heavy atom. The minimum absolute atomic E-state index is 0.0430. The van der Waals surface area contributed by atoms with Crippen molar-refractivity contribution in [3.05, 3.63) is 29.2 Å². The van der Waals surface area contributed by atoms with Crippen LogP contribution in [0.4, 0.5) is 13.2 Å². The molecule has 2 aliphatic rings. The molecule has 2 atom stereocenters. The Kier molecular flexibility index (Phi) is 2.63. The first-order chi connectivity index (χ1) is 10.7. The van der Waals surface area contributed by atoms with E-state index in [2.05, 4.69) is 36.1 Å². The van der Waals surface area contributed by atoms with Crippen molar-refractivity contribution in [3.63, 3.8) is 0 Å². The predicted molar refractivity (Wildman–Crippen MR) is 77.7 cm³/mol. The van der Waals surface area contributed by atoms with Crippen molar-refractivity contribution in [1.29, 1.82) is 0 Å². The van der Waals surface area contributed by atoms with Crippen LogP contribution >= 0.6 is 0 Å². The summed E-state index contributed by atoms with van der Waals surface area (Å²) in [7, 11) is 0. The van der Waals surface area contributed by atoms with Crippen molar-refractivity contribution >= 4 is 0 Å². The number of hydrogen-bond acceptors (Lipinski definition) is 3. The zero-order valence-corrected chi connectivity index (χ0v) is 13.1. The number of rotatable bonds is 1. The monoisotopic (exact) mass is 322 g/mol. The van der Waals surface area contributed by atoms with Crippen molar-refractivity contribution in [2.75, 3.05) is 0 Å². The molecule has 1 saturated carbocycles. The number of nitrogens with one attached hydrogen (secondary N) is 1. The summed E-state index contributed by atoms with van der Waals surface area (Å²) in [4.78, 5) is 0. The average Bonchev–Trinajstić information content (AvgIpc) is 3.07. The molecule has 2 aromatic rings. The first-order valence-electron chi connectivity index (χ1n) is 7.65. The van der Waals surface area contributed by atoms with E-state index in [0.717, 1.165) is 24.1 Å². The lowest BCUT2D eigenvalue weighted by Gasteiger charge is -2.33. The lowest BCUT2D eigenvalue weighted by Crippen LogP contribution is -2.32. The molecule has 0 spiro atoms. The van der Waals surface area contributed by atoms with Gasteiger partial charge in [0.05, 0.1) is 23.1 Å². The van der Waals surface area contributed by atoms with Crippen LogP contribution in [-0.2, 0) is 11.6 Å². The van der Waals surface area contributed by atoms with Gasteiger partial charge >= 0.3 is 6.18 Å². The first-order valence-corrected chi connectivity index (χ1v) is 7.65. The van der Waals surface area contributed by atoms with Gasteiger partial charge in [-0.1, -0.05) is 20.8 Å². The summed E-state index contributed by atoms with van der Waals surface area (Å²) in [5.74, 6) is 0.318. The van der Waals surface area contributed by atoms with Gasteiger partial charge in [0.25, 0.3) is 0 Å². The van der Waals surface area contributed by atoms with E-state index in [1.807, 2.05) is 5.10 Å². The Balaban J connectivity index is 1.86. The van der Waals surface area contributed by atoms with Gasteiger partial charge in [0.15, 0.2) is 0 Å². The van der Waals surface area contributed by atoms with Gasteiger partial charge in [0, 0.05) is 5.41 Å². The molecule has 23 heavy (non-hydrogen) atoms. The highest BCUT2D eigenvalue weighted by atomic mass is 19.4. The van der Waals surface area contributed by atoms with Gasteiger partial charge < -0.3 is 0 Å². The van der Waals surface area contributed by atoms with Crippen molar-refractivity contribution in [1.82, 2.24) is 20.4 Å². The van der Waals surface area contributed by atoms with Gasteiger partial charge in [-0.3, -0.25) is 5.10 Å². The fourth-order valence-corrected chi connectivity index (χ4v) is 4.40. The fraction of sp³-hybridized carbons (Fsp3) is 0.562. The van der Waals surface area contributed by atoms with Gasteiger partial charge in [-0.05, 0) is 35.8 Å². The van der Waals surface area contributed by atoms with Crippen LogP contribution in [0.5, 0.6) is 0 Å². The number of halogens is 3. The highest BCUT2D eigenvalue weighted by Gasteiger charge is 2.60. The maximum absolute atomic E-state index is 13.1. The lowest BCUT2D eigenvalue weighted by molar-refractivity contribution is -0.140. The standard InChI is InChI=1S/C16H17F3N4/c1-14(2)10-4-5-15(14,3)12-8(10)6-11(21-23-12)9-7-20-22-13(9)16(17,18)19/h6-7,10H,4-5H2,1-3H3,(H,20,22)/t10-,15+/m0/s1. The van der Waals surface area contributed by atoms with Gasteiger partial charge in [-0.2, -0.15) is 28.5 Å². The topological polar surface area (TPSA) is 54.5 Å². The van der Waals surface area contributed by atoms with Gasteiger partial charge in [0.2, 0.25) is 0 Å². The molecular formula is C16H17F3N4.